The predicted octanol–water partition coefficient (Wildman–Crippen LogP) is 2.95. The van der Waals surface area contributed by atoms with Crippen LogP contribution in [0.4, 0.5) is 5.69 Å². The minimum absolute atomic E-state index is 0.203. The number of benzene rings is 2. The fourth-order valence-electron chi connectivity index (χ4n) is 3.46. The highest BCUT2D eigenvalue weighted by Gasteiger charge is 2.34. The van der Waals surface area contributed by atoms with Crippen molar-refractivity contribution in [2.24, 2.45) is 0 Å². The topological polar surface area (TPSA) is 76.1 Å². The fourth-order valence-corrected chi connectivity index (χ4v) is 5.37. The van der Waals surface area contributed by atoms with Gasteiger partial charge in [-0.25, -0.2) is 8.42 Å². The van der Waals surface area contributed by atoms with Gasteiger partial charge in [0.25, 0.3) is 10.0 Å². The van der Waals surface area contributed by atoms with Crippen LogP contribution in [0.2, 0.25) is 0 Å². The molecule has 1 unspecified atom stereocenters. The van der Waals surface area contributed by atoms with Gasteiger partial charge in [0.05, 0.1) is 30.9 Å². The lowest BCUT2D eigenvalue weighted by molar-refractivity contribution is 0.166. The summed E-state index contributed by atoms with van der Waals surface area (Å²) in [5.41, 5.74) is 2.29. The van der Waals surface area contributed by atoms with Crippen molar-refractivity contribution in [2.75, 3.05) is 25.1 Å². The molecule has 0 saturated heterocycles. The molecule has 0 saturated carbocycles. The molecule has 0 aliphatic carbocycles. The van der Waals surface area contributed by atoms with Crippen LogP contribution in [0.5, 0.6) is 11.5 Å². The summed E-state index contributed by atoms with van der Waals surface area (Å²) in [4.78, 5) is 0.267. The van der Waals surface area contributed by atoms with E-state index in [0.29, 0.717) is 40.3 Å². The van der Waals surface area contributed by atoms with Gasteiger partial charge in [0.1, 0.15) is 11.5 Å². The second-order valence-corrected chi connectivity index (χ2v) is 8.20. The van der Waals surface area contributed by atoms with Gasteiger partial charge in [-0.3, -0.25) is 4.31 Å². The molecule has 1 aliphatic rings. The third kappa shape index (κ3) is 3.01. The second-order valence-electron chi connectivity index (χ2n) is 6.40. The van der Waals surface area contributed by atoms with Crippen molar-refractivity contribution in [3.8, 4) is 11.5 Å². The Labute approximate surface area is 154 Å². The van der Waals surface area contributed by atoms with Crippen molar-refractivity contribution in [2.45, 2.75) is 31.3 Å². The number of aliphatic hydroxyl groups excluding tert-OH is 1. The molecule has 0 aromatic heterocycles. The lowest BCUT2D eigenvalue weighted by atomic mass is 10.0. The van der Waals surface area contributed by atoms with Gasteiger partial charge in [0.15, 0.2) is 0 Å². The van der Waals surface area contributed by atoms with Crippen molar-refractivity contribution >= 4 is 15.7 Å². The van der Waals surface area contributed by atoms with Crippen LogP contribution in [-0.2, 0) is 10.0 Å². The smallest absolute Gasteiger partial charge is 0.264 e. The summed E-state index contributed by atoms with van der Waals surface area (Å²) in [6.07, 6.45) is -0.354. The summed E-state index contributed by atoms with van der Waals surface area (Å²) < 4.78 is 38.8. The van der Waals surface area contributed by atoms with Crippen LogP contribution in [-0.4, -0.2) is 34.3 Å². The molecular weight excluding hydrogens is 354 g/mol. The Morgan fingerprint density at radius 1 is 1.04 bits per heavy atom. The molecule has 2 aromatic rings. The number of ether oxygens (including phenoxy) is 2. The first-order valence-corrected chi connectivity index (χ1v) is 9.77. The fraction of sp³-hybridized carbons (Fsp3) is 0.368. The van der Waals surface area contributed by atoms with Crippen LogP contribution >= 0.6 is 0 Å². The van der Waals surface area contributed by atoms with Crippen molar-refractivity contribution < 1.29 is 23.0 Å². The van der Waals surface area contributed by atoms with Gasteiger partial charge >= 0.3 is 0 Å². The maximum Gasteiger partial charge on any atom is 0.264 e. The Morgan fingerprint density at radius 2 is 1.65 bits per heavy atom. The van der Waals surface area contributed by atoms with E-state index < -0.39 is 16.1 Å². The van der Waals surface area contributed by atoms with Crippen LogP contribution in [0.3, 0.4) is 0 Å². The van der Waals surface area contributed by atoms with Gasteiger partial charge in [0, 0.05) is 18.2 Å². The summed E-state index contributed by atoms with van der Waals surface area (Å²) in [5.74, 6) is 1.16. The number of rotatable bonds is 4. The number of anilines is 1. The van der Waals surface area contributed by atoms with Gasteiger partial charge in [0.2, 0.25) is 0 Å². The van der Waals surface area contributed by atoms with Crippen LogP contribution in [0, 0.1) is 13.8 Å². The van der Waals surface area contributed by atoms with Gasteiger partial charge < -0.3 is 14.6 Å². The molecule has 26 heavy (non-hydrogen) atoms. The van der Waals surface area contributed by atoms with E-state index in [2.05, 4.69) is 0 Å². The molecule has 140 valence electrons. The minimum atomic E-state index is -3.80. The molecule has 1 heterocycles. The van der Waals surface area contributed by atoms with Crippen LogP contribution in [0.1, 0.15) is 29.2 Å². The molecule has 1 atom stereocenters. The first-order chi connectivity index (χ1) is 12.3. The van der Waals surface area contributed by atoms with E-state index in [4.69, 9.17) is 9.47 Å². The molecule has 2 aromatic carbocycles. The number of nitrogens with zero attached hydrogens (tertiary/aromatic N) is 1. The standard InChI is InChI=1S/C19H23NO5S/c1-12-9-15(25-4)10-13(2)19(12)26(22,23)20-8-7-18(21)16-6-5-14(24-3)11-17(16)20/h5-6,9-11,18,21H,7-8H2,1-4H3. The van der Waals surface area contributed by atoms with Gasteiger partial charge in [-0.2, -0.15) is 0 Å². The quantitative estimate of drug-likeness (QED) is 0.887. The van der Waals surface area contributed by atoms with E-state index in [1.807, 2.05) is 0 Å². The van der Waals surface area contributed by atoms with Gasteiger partial charge in [-0.15, -0.1) is 0 Å². The zero-order valence-electron chi connectivity index (χ0n) is 15.3. The molecule has 0 radical (unpaired) electrons. The van der Waals surface area contributed by atoms with Crippen LogP contribution in [0.15, 0.2) is 35.2 Å². The van der Waals surface area contributed by atoms with E-state index >= 15 is 0 Å². The minimum Gasteiger partial charge on any atom is -0.497 e. The first-order valence-electron chi connectivity index (χ1n) is 8.33. The number of fused-ring (bicyclic) bond motifs is 1. The number of hydrogen-bond donors (Lipinski definition) is 1. The van der Waals surface area contributed by atoms with Crippen molar-refractivity contribution in [3.05, 3.63) is 47.0 Å². The van der Waals surface area contributed by atoms with E-state index in [9.17, 15) is 13.5 Å². The molecule has 0 bridgehead atoms. The number of aliphatic hydroxyl groups is 1. The Morgan fingerprint density at radius 3 is 2.23 bits per heavy atom. The number of sulfonamides is 1. The molecule has 7 heteroatoms. The maximum atomic E-state index is 13.5. The summed E-state index contributed by atoms with van der Waals surface area (Å²) in [6, 6.07) is 8.52. The molecule has 0 fully saturated rings. The highest BCUT2D eigenvalue weighted by Crippen LogP contribution is 2.40. The lowest BCUT2D eigenvalue weighted by Gasteiger charge is -2.34. The number of aryl methyl sites for hydroxylation is 2. The van der Waals surface area contributed by atoms with Gasteiger partial charge in [-0.1, -0.05) is 6.07 Å². The summed E-state index contributed by atoms with van der Waals surface area (Å²) in [7, 11) is -0.721. The van der Waals surface area contributed by atoms with Crippen molar-refractivity contribution in [1.82, 2.24) is 0 Å². The largest absolute Gasteiger partial charge is 0.497 e. The summed E-state index contributed by atoms with van der Waals surface area (Å²) in [5, 5.41) is 10.3. The Balaban J connectivity index is 2.17. The highest BCUT2D eigenvalue weighted by atomic mass is 32.2. The first kappa shape index (κ1) is 18.5. The maximum absolute atomic E-state index is 13.5. The predicted molar refractivity (Wildman–Crippen MR) is 99.6 cm³/mol. The Hall–Kier alpha value is -2.25. The summed E-state index contributed by atoms with van der Waals surface area (Å²) >= 11 is 0. The van der Waals surface area contributed by atoms with Gasteiger partial charge in [-0.05, 0) is 49.6 Å². The normalized spacial score (nSPS) is 17.0. The monoisotopic (exact) mass is 377 g/mol. The molecule has 0 spiro atoms. The van der Waals surface area contributed by atoms with E-state index in [-0.39, 0.29) is 11.4 Å². The molecule has 6 nitrogen and oxygen atoms in total. The van der Waals surface area contributed by atoms with E-state index in [0.717, 1.165) is 0 Å². The van der Waals surface area contributed by atoms with Crippen LogP contribution < -0.4 is 13.8 Å². The van der Waals surface area contributed by atoms with Crippen molar-refractivity contribution in [1.29, 1.82) is 0 Å². The van der Waals surface area contributed by atoms with Crippen molar-refractivity contribution in [3.63, 3.8) is 0 Å². The Bertz CT molecular complexity index is 916. The lowest BCUT2D eigenvalue weighted by Crippen LogP contribution is -2.37. The SMILES string of the molecule is COc1cc(C)c(S(=O)(=O)N2CCC(O)c3ccc(OC)cc32)c(C)c1. The Kier molecular flexibility index (Phi) is 4.86. The average molecular weight is 377 g/mol. The average Bonchev–Trinajstić information content (AvgIpc) is 2.60. The van der Waals surface area contributed by atoms with E-state index in [1.54, 1.807) is 51.3 Å². The zero-order chi connectivity index (χ0) is 19.1. The molecule has 1 N–H and O–H groups in total. The third-order valence-corrected chi connectivity index (χ3v) is 6.81. The third-order valence-electron chi connectivity index (χ3n) is 4.69. The number of methoxy groups -OCH3 is 2. The zero-order valence-corrected chi connectivity index (χ0v) is 16.1. The van der Waals surface area contributed by atoms with Crippen LogP contribution in [0.25, 0.3) is 0 Å². The van der Waals surface area contributed by atoms with E-state index in [1.165, 1.54) is 11.4 Å². The molecule has 3 rings (SSSR count). The molecule has 1 aliphatic heterocycles. The second kappa shape index (κ2) is 6.81. The number of hydrogen-bond acceptors (Lipinski definition) is 5. The molecule has 0 amide bonds. The highest BCUT2D eigenvalue weighted by molar-refractivity contribution is 7.93. The molecular formula is C19H23NO5S. The summed E-state index contributed by atoms with van der Waals surface area (Å²) in [6.45, 7) is 3.72.